The summed E-state index contributed by atoms with van der Waals surface area (Å²) in [7, 11) is 0. The van der Waals surface area contributed by atoms with E-state index in [1.165, 1.54) is 11.3 Å². The first-order chi connectivity index (χ1) is 9.19. The number of amides is 1. The molecule has 0 radical (unpaired) electrons. The summed E-state index contributed by atoms with van der Waals surface area (Å²) in [5.74, 6) is 0.909. The van der Waals surface area contributed by atoms with Crippen LogP contribution in [0, 0.1) is 6.92 Å². The van der Waals surface area contributed by atoms with Crippen molar-refractivity contribution in [2.75, 3.05) is 13.1 Å². The van der Waals surface area contributed by atoms with Crippen LogP contribution in [0.2, 0.25) is 0 Å². The smallest absolute Gasteiger partial charge is 0.270 e. The molecule has 8 heteroatoms. The molecule has 0 aromatic carbocycles. The molecule has 0 atom stereocenters. The molecule has 0 bridgehead atoms. The molecule has 0 fully saturated rings. The van der Waals surface area contributed by atoms with E-state index in [1.807, 2.05) is 0 Å². The molecule has 0 spiro atoms. The second kappa shape index (κ2) is 6.39. The number of hydrogen-bond acceptors (Lipinski definition) is 7. The average Bonchev–Trinajstić information content (AvgIpc) is 2.99. The first kappa shape index (κ1) is 13.6. The van der Waals surface area contributed by atoms with E-state index < -0.39 is 0 Å². The van der Waals surface area contributed by atoms with E-state index in [-0.39, 0.29) is 5.91 Å². The Hall–Kier alpha value is -1.80. The third-order valence-electron chi connectivity index (χ3n) is 2.35. The first-order valence-corrected chi connectivity index (χ1v) is 6.79. The van der Waals surface area contributed by atoms with Crippen molar-refractivity contribution < 1.29 is 9.32 Å². The third kappa shape index (κ3) is 3.83. The van der Waals surface area contributed by atoms with Crippen molar-refractivity contribution in [2.45, 2.75) is 19.8 Å². The molecule has 0 aliphatic heterocycles. The molecule has 0 aliphatic rings. The van der Waals surface area contributed by atoms with E-state index in [1.54, 1.807) is 12.3 Å². The summed E-state index contributed by atoms with van der Waals surface area (Å²) in [6.45, 7) is 2.70. The van der Waals surface area contributed by atoms with Gasteiger partial charge in [-0.25, -0.2) is 4.98 Å². The Balaban J connectivity index is 1.80. The summed E-state index contributed by atoms with van der Waals surface area (Å²) >= 11 is 1.44. The summed E-state index contributed by atoms with van der Waals surface area (Å²) in [6, 6.07) is 0. The minimum atomic E-state index is -0.195. The molecule has 2 aromatic rings. The molecule has 0 aliphatic carbocycles. The number of rotatable bonds is 6. The minimum Gasteiger partial charge on any atom is -0.350 e. The largest absolute Gasteiger partial charge is 0.350 e. The van der Waals surface area contributed by atoms with Gasteiger partial charge in [-0.1, -0.05) is 5.16 Å². The van der Waals surface area contributed by atoms with Crippen molar-refractivity contribution in [2.24, 2.45) is 5.73 Å². The lowest BCUT2D eigenvalue weighted by molar-refractivity contribution is 0.0949. The molecule has 2 aromatic heterocycles. The second-order valence-electron chi connectivity index (χ2n) is 3.90. The fourth-order valence-electron chi connectivity index (χ4n) is 1.47. The lowest BCUT2D eigenvalue weighted by atomic mass is 10.3. The molecule has 19 heavy (non-hydrogen) atoms. The van der Waals surface area contributed by atoms with Crippen LogP contribution in [-0.2, 0) is 12.8 Å². The van der Waals surface area contributed by atoms with E-state index in [0.29, 0.717) is 43.3 Å². The van der Waals surface area contributed by atoms with Gasteiger partial charge < -0.3 is 15.6 Å². The molecule has 7 nitrogen and oxygen atoms in total. The number of aromatic nitrogens is 3. The Bertz CT molecular complexity index is 551. The number of thiazole rings is 1. The number of nitrogens with zero attached hydrogens (tertiary/aromatic N) is 3. The van der Waals surface area contributed by atoms with E-state index in [4.69, 9.17) is 10.3 Å². The molecular formula is C11H15N5O2S. The van der Waals surface area contributed by atoms with Crippen LogP contribution in [-0.4, -0.2) is 34.1 Å². The van der Waals surface area contributed by atoms with Crippen LogP contribution in [0.15, 0.2) is 9.90 Å². The van der Waals surface area contributed by atoms with Crippen LogP contribution >= 0.6 is 11.3 Å². The molecule has 1 amide bonds. The highest BCUT2D eigenvalue weighted by Crippen LogP contribution is 2.09. The highest BCUT2D eigenvalue weighted by atomic mass is 32.1. The third-order valence-corrected chi connectivity index (χ3v) is 3.25. The molecule has 0 saturated carbocycles. The molecule has 102 valence electrons. The Kier molecular flexibility index (Phi) is 4.58. The van der Waals surface area contributed by atoms with Gasteiger partial charge in [0.25, 0.3) is 5.91 Å². The van der Waals surface area contributed by atoms with Crippen LogP contribution in [0.3, 0.4) is 0 Å². The van der Waals surface area contributed by atoms with Gasteiger partial charge in [0.2, 0.25) is 5.89 Å². The summed E-state index contributed by atoms with van der Waals surface area (Å²) in [6.07, 6.45) is 1.23. The Morgan fingerprint density at radius 1 is 1.47 bits per heavy atom. The zero-order valence-electron chi connectivity index (χ0n) is 10.5. The SMILES string of the molecule is Cc1nc(CCNC(=O)c2csc(CCN)n2)no1. The van der Waals surface area contributed by atoms with Crippen molar-refractivity contribution in [3.8, 4) is 0 Å². The Labute approximate surface area is 114 Å². The van der Waals surface area contributed by atoms with Crippen LogP contribution in [0.4, 0.5) is 0 Å². The topological polar surface area (TPSA) is 107 Å². The molecular weight excluding hydrogens is 266 g/mol. The molecule has 0 unspecified atom stereocenters. The van der Waals surface area contributed by atoms with Gasteiger partial charge in [0, 0.05) is 31.7 Å². The lowest BCUT2D eigenvalue weighted by Gasteiger charge is -2.00. The zero-order valence-corrected chi connectivity index (χ0v) is 11.4. The maximum absolute atomic E-state index is 11.8. The first-order valence-electron chi connectivity index (χ1n) is 5.91. The van der Waals surface area contributed by atoms with Crippen LogP contribution in [0.25, 0.3) is 0 Å². The van der Waals surface area contributed by atoms with E-state index in [9.17, 15) is 4.79 Å². The lowest BCUT2D eigenvalue weighted by Crippen LogP contribution is -2.26. The highest BCUT2D eigenvalue weighted by Gasteiger charge is 2.10. The molecule has 2 rings (SSSR count). The average molecular weight is 281 g/mol. The number of hydrogen-bond donors (Lipinski definition) is 2. The van der Waals surface area contributed by atoms with Crippen molar-refractivity contribution in [1.29, 1.82) is 0 Å². The van der Waals surface area contributed by atoms with Crippen molar-refractivity contribution in [3.05, 3.63) is 27.8 Å². The minimum absolute atomic E-state index is 0.195. The zero-order chi connectivity index (χ0) is 13.7. The Morgan fingerprint density at radius 2 is 2.32 bits per heavy atom. The van der Waals surface area contributed by atoms with Crippen LogP contribution in [0.5, 0.6) is 0 Å². The monoisotopic (exact) mass is 281 g/mol. The van der Waals surface area contributed by atoms with E-state index in [0.717, 1.165) is 5.01 Å². The summed E-state index contributed by atoms with van der Waals surface area (Å²) in [5, 5.41) is 9.12. The van der Waals surface area contributed by atoms with Gasteiger partial charge in [-0.15, -0.1) is 11.3 Å². The van der Waals surface area contributed by atoms with E-state index >= 15 is 0 Å². The van der Waals surface area contributed by atoms with Gasteiger partial charge in [-0.2, -0.15) is 4.98 Å². The fraction of sp³-hybridized carbons (Fsp3) is 0.455. The summed E-state index contributed by atoms with van der Waals surface area (Å²) < 4.78 is 4.84. The highest BCUT2D eigenvalue weighted by molar-refractivity contribution is 7.09. The van der Waals surface area contributed by atoms with Crippen molar-refractivity contribution in [3.63, 3.8) is 0 Å². The van der Waals surface area contributed by atoms with Gasteiger partial charge in [0.15, 0.2) is 5.82 Å². The van der Waals surface area contributed by atoms with Gasteiger partial charge in [-0.3, -0.25) is 4.79 Å². The van der Waals surface area contributed by atoms with Crippen molar-refractivity contribution in [1.82, 2.24) is 20.4 Å². The Morgan fingerprint density at radius 3 is 3.00 bits per heavy atom. The van der Waals surface area contributed by atoms with Gasteiger partial charge >= 0.3 is 0 Å². The standard InChI is InChI=1S/C11H15N5O2S/c1-7-14-9(16-18-7)3-5-13-11(17)8-6-19-10(15-8)2-4-12/h6H,2-5,12H2,1H3,(H,13,17). The van der Waals surface area contributed by atoms with Gasteiger partial charge in [-0.05, 0) is 6.54 Å². The quantitative estimate of drug-likeness (QED) is 0.789. The molecule has 2 heterocycles. The summed E-state index contributed by atoms with van der Waals surface area (Å²) in [5.41, 5.74) is 5.86. The van der Waals surface area contributed by atoms with Gasteiger partial charge in [0.05, 0.1) is 5.01 Å². The normalized spacial score (nSPS) is 10.6. The van der Waals surface area contributed by atoms with Crippen LogP contribution in [0.1, 0.15) is 27.2 Å². The molecule has 0 saturated heterocycles. The van der Waals surface area contributed by atoms with Crippen LogP contribution < -0.4 is 11.1 Å². The number of carbonyl (C=O) groups is 1. The number of carbonyl (C=O) groups excluding carboxylic acids is 1. The number of nitrogens with one attached hydrogen (secondary N) is 1. The number of nitrogens with two attached hydrogens (primary N) is 1. The van der Waals surface area contributed by atoms with E-state index in [2.05, 4.69) is 20.4 Å². The van der Waals surface area contributed by atoms with Gasteiger partial charge in [0.1, 0.15) is 5.69 Å². The predicted octanol–water partition coefficient (Wildman–Crippen LogP) is 0.308. The van der Waals surface area contributed by atoms with Crippen molar-refractivity contribution >= 4 is 17.2 Å². The summed E-state index contributed by atoms with van der Waals surface area (Å²) in [4.78, 5) is 20.1. The maximum Gasteiger partial charge on any atom is 0.270 e. The fourth-order valence-corrected chi connectivity index (χ4v) is 2.27. The molecule has 3 N–H and O–H groups in total. The maximum atomic E-state index is 11.8. The number of aryl methyl sites for hydroxylation is 1. The second-order valence-corrected chi connectivity index (χ2v) is 4.84. The predicted molar refractivity (Wildman–Crippen MR) is 69.9 cm³/mol.